The first-order chi connectivity index (χ1) is 13.7. The van der Waals surface area contributed by atoms with Gasteiger partial charge < -0.3 is 4.74 Å². The molecule has 29 heavy (non-hydrogen) atoms. The molecule has 2 atom stereocenters. The summed E-state index contributed by atoms with van der Waals surface area (Å²) < 4.78 is 5.30. The van der Waals surface area contributed by atoms with Gasteiger partial charge in [0.15, 0.2) is 5.78 Å². The zero-order chi connectivity index (χ0) is 21.3. The molecule has 1 heterocycles. The number of hydrogen-bond donors (Lipinski definition) is 0. The lowest BCUT2D eigenvalue weighted by Gasteiger charge is -2.39. The summed E-state index contributed by atoms with van der Waals surface area (Å²) in [6.45, 7) is 7.80. The number of carbonyl (C=O) groups is 2. The van der Waals surface area contributed by atoms with Crippen LogP contribution in [0, 0.1) is 21.4 Å². The molecule has 1 aromatic rings. The molecule has 1 aromatic carbocycles. The van der Waals surface area contributed by atoms with Crippen LogP contribution in [0.5, 0.6) is 0 Å². The third-order valence-electron chi connectivity index (χ3n) is 5.55. The summed E-state index contributed by atoms with van der Waals surface area (Å²) in [5.41, 5.74) is 1.68. The summed E-state index contributed by atoms with van der Waals surface area (Å²) in [7, 11) is 0. The van der Waals surface area contributed by atoms with Crippen molar-refractivity contribution in [3.63, 3.8) is 0 Å². The summed E-state index contributed by atoms with van der Waals surface area (Å²) in [5.74, 6) is -2.21. The molecule has 0 bridgehead atoms. The van der Waals surface area contributed by atoms with E-state index in [0.717, 1.165) is 0 Å². The molecule has 0 aromatic heterocycles. The zero-order valence-electron chi connectivity index (χ0n) is 17.2. The minimum Gasteiger partial charge on any atom is -0.465 e. The second-order valence-electron chi connectivity index (χ2n) is 8.28. The molecule has 0 saturated carbocycles. The molecule has 154 valence electrons. The quantitative estimate of drug-likeness (QED) is 0.417. The Labute approximate surface area is 170 Å². The zero-order valence-corrected chi connectivity index (χ0v) is 17.2. The largest absolute Gasteiger partial charge is 0.465 e. The van der Waals surface area contributed by atoms with E-state index in [0.29, 0.717) is 41.8 Å². The number of ether oxygens (including phenoxy) is 1. The van der Waals surface area contributed by atoms with Gasteiger partial charge in [-0.2, -0.15) is 0 Å². The highest BCUT2D eigenvalue weighted by Crippen LogP contribution is 2.49. The van der Waals surface area contributed by atoms with Crippen LogP contribution in [-0.2, 0) is 14.3 Å². The van der Waals surface area contributed by atoms with E-state index in [1.54, 1.807) is 25.1 Å². The summed E-state index contributed by atoms with van der Waals surface area (Å²) in [6, 6.07) is 6.32. The minimum absolute atomic E-state index is 0.103. The van der Waals surface area contributed by atoms with Gasteiger partial charge in [0.1, 0.15) is 5.92 Å². The fourth-order valence-electron chi connectivity index (χ4n) is 4.41. The molecule has 0 saturated heterocycles. The average Bonchev–Trinajstić information content (AvgIpc) is 2.65. The molecule has 2 aliphatic rings. The van der Waals surface area contributed by atoms with Crippen LogP contribution in [0.25, 0.3) is 0 Å². The van der Waals surface area contributed by atoms with Crippen LogP contribution in [-0.4, -0.2) is 29.0 Å². The Balaban J connectivity index is 2.28. The number of Topliss-reactive ketones (excluding diaryl/α,β-unsaturated/α-hetero) is 1. The molecule has 0 amide bonds. The Kier molecular flexibility index (Phi) is 5.68. The van der Waals surface area contributed by atoms with Crippen LogP contribution in [0.2, 0.25) is 0 Å². The van der Waals surface area contributed by atoms with Crippen LogP contribution in [0.4, 0.5) is 5.69 Å². The Morgan fingerprint density at radius 2 is 1.97 bits per heavy atom. The normalized spacial score (nSPS) is 23.3. The van der Waals surface area contributed by atoms with E-state index in [2.05, 4.69) is 0 Å². The van der Waals surface area contributed by atoms with Gasteiger partial charge in [-0.1, -0.05) is 39.0 Å². The van der Waals surface area contributed by atoms with Gasteiger partial charge in [-0.15, -0.1) is 0 Å². The lowest BCUT2D eigenvalue weighted by atomic mass is 9.66. The van der Waals surface area contributed by atoms with Crippen molar-refractivity contribution in [1.29, 1.82) is 0 Å². The highest BCUT2D eigenvalue weighted by molar-refractivity contribution is 6.09. The molecule has 0 spiro atoms. The predicted octanol–water partition coefficient (Wildman–Crippen LogP) is 4.37. The van der Waals surface area contributed by atoms with Gasteiger partial charge in [0, 0.05) is 41.0 Å². The molecule has 7 heteroatoms. The van der Waals surface area contributed by atoms with Crippen molar-refractivity contribution in [3.8, 4) is 0 Å². The number of nitro benzene ring substituents is 1. The number of benzene rings is 1. The monoisotopic (exact) mass is 398 g/mol. The number of allylic oxidation sites excluding steroid dienone is 2. The van der Waals surface area contributed by atoms with Crippen molar-refractivity contribution in [1.82, 2.24) is 0 Å². The number of rotatable bonds is 5. The summed E-state index contributed by atoms with van der Waals surface area (Å²) in [5, 5.41) is 11.7. The van der Waals surface area contributed by atoms with E-state index >= 15 is 0 Å². The maximum atomic E-state index is 13.2. The van der Waals surface area contributed by atoms with Crippen molar-refractivity contribution < 1.29 is 19.2 Å². The van der Waals surface area contributed by atoms with Gasteiger partial charge in [-0.3, -0.25) is 24.7 Å². The van der Waals surface area contributed by atoms with Crippen LogP contribution >= 0.6 is 0 Å². The second kappa shape index (κ2) is 7.89. The average molecular weight is 398 g/mol. The molecular formula is C22H26N2O5. The lowest BCUT2D eigenvalue weighted by molar-refractivity contribution is -0.385. The highest BCUT2D eigenvalue weighted by atomic mass is 16.6. The number of carbonyl (C=O) groups excluding carboxylic acids is 2. The van der Waals surface area contributed by atoms with Crippen LogP contribution in [0.1, 0.15) is 58.4 Å². The van der Waals surface area contributed by atoms with E-state index in [9.17, 15) is 19.7 Å². The number of para-hydroxylation sites is 1. The Morgan fingerprint density at radius 1 is 1.28 bits per heavy atom. The molecule has 1 unspecified atom stereocenters. The highest BCUT2D eigenvalue weighted by Gasteiger charge is 2.48. The number of aliphatic imine (C=N–C) groups is 1. The second-order valence-corrected chi connectivity index (χ2v) is 8.28. The summed E-state index contributed by atoms with van der Waals surface area (Å²) in [4.78, 5) is 42.1. The van der Waals surface area contributed by atoms with E-state index in [1.165, 1.54) is 6.07 Å². The van der Waals surface area contributed by atoms with Crippen LogP contribution in [0.15, 0.2) is 40.5 Å². The number of esters is 1. The summed E-state index contributed by atoms with van der Waals surface area (Å²) >= 11 is 0. The van der Waals surface area contributed by atoms with Gasteiger partial charge in [-0.25, -0.2) is 0 Å². The molecule has 7 nitrogen and oxygen atoms in total. The number of hydrogen-bond acceptors (Lipinski definition) is 6. The van der Waals surface area contributed by atoms with Gasteiger partial charge in [0.05, 0.1) is 11.5 Å². The first-order valence-electron chi connectivity index (χ1n) is 9.93. The van der Waals surface area contributed by atoms with Gasteiger partial charge in [0.25, 0.3) is 5.69 Å². The Bertz CT molecular complexity index is 929. The number of nitrogens with zero attached hydrogens (tertiary/aromatic N) is 2. The number of ketones is 1. The molecule has 0 N–H and O–H groups in total. The summed E-state index contributed by atoms with van der Waals surface area (Å²) in [6.07, 6.45) is 1.39. The first-order valence-corrected chi connectivity index (χ1v) is 9.93. The molecule has 1 aliphatic heterocycles. The third-order valence-corrected chi connectivity index (χ3v) is 5.55. The van der Waals surface area contributed by atoms with Crippen molar-refractivity contribution in [3.05, 3.63) is 51.2 Å². The van der Waals surface area contributed by atoms with E-state index < -0.39 is 22.7 Å². The smallest absolute Gasteiger partial charge is 0.315 e. The van der Waals surface area contributed by atoms with E-state index in [4.69, 9.17) is 9.73 Å². The van der Waals surface area contributed by atoms with Crippen molar-refractivity contribution >= 4 is 23.2 Å². The Morgan fingerprint density at radius 3 is 2.59 bits per heavy atom. The van der Waals surface area contributed by atoms with Crippen molar-refractivity contribution in [2.45, 2.75) is 52.9 Å². The maximum absolute atomic E-state index is 13.2. The molecule has 0 radical (unpaired) electrons. The van der Waals surface area contributed by atoms with Crippen molar-refractivity contribution in [2.24, 2.45) is 16.3 Å². The lowest BCUT2D eigenvalue weighted by Crippen LogP contribution is -2.40. The fraction of sp³-hybridized carbons (Fsp3) is 0.500. The molecule has 0 fully saturated rings. The van der Waals surface area contributed by atoms with E-state index in [1.807, 2.05) is 20.8 Å². The van der Waals surface area contributed by atoms with Crippen LogP contribution in [0.3, 0.4) is 0 Å². The third kappa shape index (κ3) is 3.86. The van der Waals surface area contributed by atoms with Gasteiger partial charge >= 0.3 is 5.97 Å². The molecular weight excluding hydrogens is 372 g/mol. The van der Waals surface area contributed by atoms with Crippen LogP contribution < -0.4 is 0 Å². The minimum atomic E-state index is -0.843. The van der Waals surface area contributed by atoms with Gasteiger partial charge in [0.2, 0.25) is 0 Å². The standard InChI is InChI=1S/C22H26N2O5/c1-5-14-20(21(26)29-6-2)18(13-9-7-8-10-16(13)24(27)28)19-15(23-14)11-22(3,4)12-17(19)25/h7-10,18,20H,5-6,11-12H2,1-4H3/t18-,20?/m1/s1. The SMILES string of the molecule is CCOC(=O)C1C(CC)=NC2=C(C(=O)CC(C)(C)C2)[C@H]1c1ccccc1[N+](=O)[O-]. The predicted molar refractivity (Wildman–Crippen MR) is 109 cm³/mol. The molecule has 3 rings (SSSR count). The molecule has 1 aliphatic carbocycles. The number of nitro groups is 1. The van der Waals surface area contributed by atoms with Crippen molar-refractivity contribution in [2.75, 3.05) is 6.61 Å². The topological polar surface area (TPSA) is 98.9 Å². The maximum Gasteiger partial charge on any atom is 0.315 e. The first kappa shape index (κ1) is 20.9. The van der Waals surface area contributed by atoms with E-state index in [-0.39, 0.29) is 23.5 Å². The Hall–Kier alpha value is -2.83. The van der Waals surface area contributed by atoms with Gasteiger partial charge in [-0.05, 0) is 25.2 Å². The fourth-order valence-corrected chi connectivity index (χ4v) is 4.41.